The predicted octanol–water partition coefficient (Wildman–Crippen LogP) is 4.35. The second-order valence-corrected chi connectivity index (χ2v) is 7.04. The second-order valence-electron chi connectivity index (χ2n) is 7.04. The van der Waals surface area contributed by atoms with Crippen molar-refractivity contribution in [3.63, 3.8) is 0 Å². The largest absolute Gasteiger partial charge is 0.0619 e. The topological polar surface area (TPSA) is 0 Å². The molecule has 0 aliphatic heterocycles. The van der Waals surface area contributed by atoms with E-state index in [4.69, 9.17) is 0 Å². The van der Waals surface area contributed by atoms with E-state index in [2.05, 4.69) is 48.5 Å². The summed E-state index contributed by atoms with van der Waals surface area (Å²) in [7, 11) is 0. The van der Waals surface area contributed by atoms with Gasteiger partial charge >= 0.3 is 0 Å². The molecule has 1 aliphatic rings. The van der Waals surface area contributed by atoms with E-state index >= 15 is 0 Å². The lowest BCUT2D eigenvalue weighted by atomic mass is 9.50. The highest BCUT2D eigenvalue weighted by atomic mass is 14.5. The molecule has 1 fully saturated rings. The Balaban J connectivity index is 2.58. The third-order valence-electron chi connectivity index (χ3n) is 4.00. The van der Waals surface area contributed by atoms with E-state index < -0.39 is 0 Å². The lowest BCUT2D eigenvalue weighted by Gasteiger charge is -2.55. The highest BCUT2D eigenvalue weighted by Gasteiger charge is 2.48. The van der Waals surface area contributed by atoms with Gasteiger partial charge in [-0.1, -0.05) is 48.5 Å². The minimum absolute atomic E-state index is 0.515. The number of rotatable bonds is 0. The van der Waals surface area contributed by atoms with Gasteiger partial charge in [-0.15, -0.1) is 0 Å². The first kappa shape index (κ1) is 11.1. The molecule has 0 amide bonds. The van der Waals surface area contributed by atoms with E-state index in [1.807, 2.05) is 0 Å². The normalized spacial score (nSPS) is 35.8. The Morgan fingerprint density at radius 3 is 1.23 bits per heavy atom. The Kier molecular flexibility index (Phi) is 2.56. The summed E-state index contributed by atoms with van der Waals surface area (Å²) in [5.41, 5.74) is 1.03. The molecule has 0 aromatic carbocycles. The summed E-state index contributed by atoms with van der Waals surface area (Å²) in [5, 5.41) is 0. The minimum Gasteiger partial charge on any atom is -0.0619 e. The molecule has 0 heterocycles. The molecule has 0 heteroatoms. The average Bonchev–Trinajstić information content (AvgIpc) is 1.77. The highest BCUT2D eigenvalue weighted by molar-refractivity contribution is 4.97. The molecular formula is C13H26. The van der Waals surface area contributed by atoms with Crippen molar-refractivity contribution in [1.82, 2.24) is 0 Å². The van der Waals surface area contributed by atoms with Crippen LogP contribution in [0.1, 0.15) is 54.9 Å². The third kappa shape index (κ3) is 2.08. The Morgan fingerprint density at radius 1 is 0.769 bits per heavy atom. The summed E-state index contributed by atoms with van der Waals surface area (Å²) in [6.45, 7) is 16.7. The molecule has 0 saturated heterocycles. The van der Waals surface area contributed by atoms with Crippen molar-refractivity contribution in [2.24, 2.45) is 28.6 Å². The molecule has 0 radical (unpaired) electrons. The molecule has 0 bridgehead atoms. The molecular weight excluding hydrogens is 156 g/mol. The fraction of sp³-hybridized carbons (Fsp3) is 1.00. The molecule has 0 N–H and O–H groups in total. The average molecular weight is 182 g/mol. The van der Waals surface area contributed by atoms with Crippen LogP contribution in [-0.2, 0) is 0 Å². The quantitative estimate of drug-likeness (QED) is 0.522. The maximum Gasteiger partial charge on any atom is -0.0334 e. The predicted molar refractivity (Wildman–Crippen MR) is 59.7 cm³/mol. The molecule has 78 valence electrons. The SMILES string of the molecule is CC1C(C(C)(C)C)CC1C(C)(C)C. The molecule has 1 rings (SSSR count). The highest BCUT2D eigenvalue weighted by Crippen LogP contribution is 2.55. The summed E-state index contributed by atoms with van der Waals surface area (Å²) in [6.07, 6.45) is 1.44. The Bertz CT molecular complexity index is 157. The van der Waals surface area contributed by atoms with Crippen LogP contribution in [0.4, 0.5) is 0 Å². The van der Waals surface area contributed by atoms with Crippen LogP contribution in [0.2, 0.25) is 0 Å². The Morgan fingerprint density at radius 2 is 1.08 bits per heavy atom. The van der Waals surface area contributed by atoms with Gasteiger partial charge in [-0.05, 0) is 35.0 Å². The Hall–Kier alpha value is 0. The van der Waals surface area contributed by atoms with Crippen LogP contribution >= 0.6 is 0 Å². The maximum atomic E-state index is 2.44. The third-order valence-corrected chi connectivity index (χ3v) is 4.00. The van der Waals surface area contributed by atoms with Crippen molar-refractivity contribution in [3.05, 3.63) is 0 Å². The second kappa shape index (κ2) is 3.00. The zero-order chi connectivity index (χ0) is 10.4. The van der Waals surface area contributed by atoms with Crippen LogP contribution in [0, 0.1) is 28.6 Å². The first-order chi connectivity index (χ1) is 5.64. The van der Waals surface area contributed by atoms with E-state index in [-0.39, 0.29) is 0 Å². The van der Waals surface area contributed by atoms with Gasteiger partial charge in [0, 0.05) is 0 Å². The van der Waals surface area contributed by atoms with Gasteiger partial charge in [0.1, 0.15) is 0 Å². The first-order valence-corrected chi connectivity index (χ1v) is 5.64. The van der Waals surface area contributed by atoms with E-state index in [9.17, 15) is 0 Å². The first-order valence-electron chi connectivity index (χ1n) is 5.64. The van der Waals surface area contributed by atoms with Gasteiger partial charge in [0.05, 0.1) is 0 Å². The lowest BCUT2D eigenvalue weighted by molar-refractivity contribution is -0.0563. The van der Waals surface area contributed by atoms with Crippen LogP contribution in [0.25, 0.3) is 0 Å². The smallest absolute Gasteiger partial charge is 0.0334 e. The van der Waals surface area contributed by atoms with E-state index in [0.717, 1.165) is 17.8 Å². The zero-order valence-electron chi connectivity index (χ0n) is 10.4. The molecule has 1 saturated carbocycles. The van der Waals surface area contributed by atoms with Gasteiger partial charge in [0.15, 0.2) is 0 Å². The summed E-state index contributed by atoms with van der Waals surface area (Å²) in [6, 6.07) is 0. The fourth-order valence-corrected chi connectivity index (χ4v) is 3.07. The van der Waals surface area contributed by atoms with Gasteiger partial charge in [-0.3, -0.25) is 0 Å². The summed E-state index contributed by atoms with van der Waals surface area (Å²) in [5.74, 6) is 2.80. The molecule has 0 nitrogen and oxygen atoms in total. The van der Waals surface area contributed by atoms with Gasteiger partial charge in [0.2, 0.25) is 0 Å². The molecule has 2 unspecified atom stereocenters. The van der Waals surface area contributed by atoms with E-state index in [1.54, 1.807) is 0 Å². The molecule has 0 spiro atoms. The molecule has 0 aromatic heterocycles. The zero-order valence-corrected chi connectivity index (χ0v) is 10.4. The van der Waals surface area contributed by atoms with Crippen LogP contribution in [-0.4, -0.2) is 0 Å². The molecule has 0 aromatic rings. The molecule has 1 aliphatic carbocycles. The van der Waals surface area contributed by atoms with Crippen LogP contribution in [0.15, 0.2) is 0 Å². The Labute approximate surface area is 84.1 Å². The van der Waals surface area contributed by atoms with Crippen molar-refractivity contribution in [2.45, 2.75) is 54.9 Å². The monoisotopic (exact) mass is 182 g/mol. The summed E-state index contributed by atoms with van der Waals surface area (Å²) < 4.78 is 0. The number of hydrogen-bond acceptors (Lipinski definition) is 0. The lowest BCUT2D eigenvalue weighted by Crippen LogP contribution is -2.47. The number of hydrogen-bond donors (Lipinski definition) is 0. The van der Waals surface area contributed by atoms with Crippen molar-refractivity contribution in [3.8, 4) is 0 Å². The van der Waals surface area contributed by atoms with Gasteiger partial charge in [-0.25, -0.2) is 0 Å². The van der Waals surface area contributed by atoms with Gasteiger partial charge < -0.3 is 0 Å². The summed E-state index contributed by atoms with van der Waals surface area (Å²) in [4.78, 5) is 0. The van der Waals surface area contributed by atoms with Crippen LogP contribution in [0.3, 0.4) is 0 Å². The van der Waals surface area contributed by atoms with E-state index in [0.29, 0.717) is 10.8 Å². The maximum absolute atomic E-state index is 2.44. The van der Waals surface area contributed by atoms with Gasteiger partial charge in [-0.2, -0.15) is 0 Å². The van der Waals surface area contributed by atoms with Crippen molar-refractivity contribution in [2.75, 3.05) is 0 Å². The van der Waals surface area contributed by atoms with Gasteiger partial charge in [0.25, 0.3) is 0 Å². The minimum atomic E-state index is 0.515. The molecule has 2 atom stereocenters. The summed E-state index contributed by atoms with van der Waals surface area (Å²) >= 11 is 0. The standard InChI is InChI=1S/C13H26/c1-9-10(12(2,3)4)8-11(9)13(5,6)7/h9-11H,8H2,1-7H3. The van der Waals surface area contributed by atoms with E-state index in [1.165, 1.54) is 6.42 Å². The van der Waals surface area contributed by atoms with Crippen LogP contribution in [0.5, 0.6) is 0 Å². The van der Waals surface area contributed by atoms with Crippen molar-refractivity contribution in [1.29, 1.82) is 0 Å². The fourth-order valence-electron chi connectivity index (χ4n) is 3.07. The van der Waals surface area contributed by atoms with Crippen LogP contribution < -0.4 is 0 Å². The van der Waals surface area contributed by atoms with Crippen molar-refractivity contribution >= 4 is 0 Å². The van der Waals surface area contributed by atoms with Crippen molar-refractivity contribution < 1.29 is 0 Å². The molecule has 13 heavy (non-hydrogen) atoms.